The highest BCUT2D eigenvalue weighted by atomic mass is 35.5. The van der Waals surface area contributed by atoms with Gasteiger partial charge in [0.2, 0.25) is 5.78 Å². The molecule has 0 unspecified atom stereocenters. The maximum Gasteiger partial charge on any atom is 0.270 e. The fourth-order valence-electron chi connectivity index (χ4n) is 4.15. The molecule has 7 nitrogen and oxygen atoms in total. The van der Waals surface area contributed by atoms with E-state index in [0.717, 1.165) is 16.7 Å². The molecule has 0 bridgehead atoms. The number of halogens is 2. The molecule has 0 atom stereocenters. The molecule has 3 aromatic carbocycles. The van der Waals surface area contributed by atoms with Crippen LogP contribution in [-0.2, 0) is 13.1 Å². The summed E-state index contributed by atoms with van der Waals surface area (Å²) in [5.41, 5.74) is 3.35. The molecule has 2 aliphatic heterocycles. The Morgan fingerprint density at radius 3 is 2.76 bits per heavy atom. The molecule has 0 radical (unpaired) electrons. The molecule has 0 fully saturated rings. The van der Waals surface area contributed by atoms with Crippen LogP contribution < -0.4 is 9.47 Å². The highest BCUT2D eigenvalue weighted by Crippen LogP contribution is 2.44. The molecule has 2 aliphatic rings. The smallest absolute Gasteiger partial charge is 0.270 e. The number of hydrogen-bond donors (Lipinski definition) is 0. The lowest BCUT2D eigenvalue weighted by molar-refractivity contribution is -0.384. The van der Waals surface area contributed by atoms with Crippen LogP contribution in [0, 0.1) is 17.0 Å². The van der Waals surface area contributed by atoms with Crippen LogP contribution in [0.2, 0.25) is 10.0 Å². The molecule has 0 amide bonds. The third-order valence-electron chi connectivity index (χ3n) is 5.78. The maximum absolute atomic E-state index is 13.2. The van der Waals surface area contributed by atoms with Gasteiger partial charge >= 0.3 is 0 Å². The molecule has 172 valence electrons. The van der Waals surface area contributed by atoms with Crippen LogP contribution in [0.5, 0.6) is 11.5 Å². The van der Waals surface area contributed by atoms with Gasteiger partial charge in [0.1, 0.15) is 18.2 Å². The molecule has 5 rings (SSSR count). The van der Waals surface area contributed by atoms with Gasteiger partial charge in [-0.1, -0.05) is 41.4 Å². The molecule has 0 saturated heterocycles. The van der Waals surface area contributed by atoms with Gasteiger partial charge in [-0.25, -0.2) is 0 Å². The van der Waals surface area contributed by atoms with E-state index >= 15 is 0 Å². The van der Waals surface area contributed by atoms with Crippen molar-refractivity contribution in [1.82, 2.24) is 4.90 Å². The van der Waals surface area contributed by atoms with Crippen molar-refractivity contribution in [1.29, 1.82) is 0 Å². The second-order valence-electron chi connectivity index (χ2n) is 8.16. The Morgan fingerprint density at radius 2 is 2.00 bits per heavy atom. The Labute approximate surface area is 205 Å². The SMILES string of the molecule is Cc1cc2c(c3c1C(=O)/C(=C/c1cccc([N+](=O)[O-])c1)O3)CN(Cc1ccc(Cl)cc1Cl)CO2. The van der Waals surface area contributed by atoms with Crippen molar-refractivity contribution < 1.29 is 19.2 Å². The average Bonchev–Trinajstić information content (AvgIpc) is 3.13. The lowest BCUT2D eigenvalue weighted by Gasteiger charge is -2.30. The van der Waals surface area contributed by atoms with Gasteiger partial charge in [-0.2, -0.15) is 0 Å². The lowest BCUT2D eigenvalue weighted by atomic mass is 9.98. The number of ether oxygens (including phenoxy) is 2. The number of nitrogens with zero attached hydrogens (tertiary/aromatic N) is 2. The summed E-state index contributed by atoms with van der Waals surface area (Å²) in [6.45, 7) is 3.21. The number of aryl methyl sites for hydroxylation is 1. The van der Waals surface area contributed by atoms with Gasteiger partial charge in [-0.15, -0.1) is 0 Å². The number of Topliss-reactive ketones (excluding diaryl/α,β-unsaturated/α-hetero) is 1. The zero-order valence-electron chi connectivity index (χ0n) is 18.0. The Kier molecular flexibility index (Phi) is 5.77. The second kappa shape index (κ2) is 8.76. The normalized spacial score (nSPS) is 16.1. The topological polar surface area (TPSA) is 81.9 Å². The lowest BCUT2D eigenvalue weighted by Crippen LogP contribution is -2.32. The largest absolute Gasteiger partial charge is 0.478 e. The highest BCUT2D eigenvalue weighted by molar-refractivity contribution is 6.35. The van der Waals surface area contributed by atoms with Crippen LogP contribution in [0.25, 0.3) is 6.08 Å². The van der Waals surface area contributed by atoms with Crippen LogP contribution >= 0.6 is 23.2 Å². The summed E-state index contributed by atoms with van der Waals surface area (Å²) in [7, 11) is 0. The number of nitro groups is 1. The minimum absolute atomic E-state index is 0.0595. The summed E-state index contributed by atoms with van der Waals surface area (Å²) < 4.78 is 12.0. The molecule has 3 aromatic rings. The number of rotatable bonds is 4. The number of fused-ring (bicyclic) bond motifs is 3. The third kappa shape index (κ3) is 4.14. The van der Waals surface area contributed by atoms with Crippen molar-refractivity contribution in [3.63, 3.8) is 0 Å². The summed E-state index contributed by atoms with van der Waals surface area (Å²) in [6.07, 6.45) is 1.52. The molecule has 2 heterocycles. The van der Waals surface area contributed by atoms with Gasteiger partial charge in [-0.05, 0) is 47.9 Å². The fourth-order valence-corrected chi connectivity index (χ4v) is 4.62. The molecule has 0 N–H and O–H groups in total. The third-order valence-corrected chi connectivity index (χ3v) is 6.36. The number of benzene rings is 3. The van der Waals surface area contributed by atoms with Gasteiger partial charge in [0.25, 0.3) is 5.69 Å². The summed E-state index contributed by atoms with van der Waals surface area (Å²) in [5.74, 6) is 0.979. The van der Waals surface area contributed by atoms with Crippen LogP contribution in [0.3, 0.4) is 0 Å². The standard InChI is InChI=1S/C25H18Cl2N2O5/c1-14-7-21-19(12-28(13-33-21)11-16-5-6-17(26)10-20(16)27)25-23(14)24(30)22(34-25)9-15-3-2-4-18(8-15)29(31)32/h2-10H,11-13H2,1H3/b22-9-. The van der Waals surface area contributed by atoms with E-state index in [4.69, 9.17) is 32.7 Å². The number of carbonyl (C=O) groups excluding carboxylic acids is 1. The molecule has 0 aliphatic carbocycles. The second-order valence-corrected chi connectivity index (χ2v) is 9.01. The Morgan fingerprint density at radius 1 is 1.18 bits per heavy atom. The van der Waals surface area contributed by atoms with E-state index in [-0.39, 0.29) is 17.2 Å². The van der Waals surface area contributed by atoms with Crippen molar-refractivity contribution in [2.45, 2.75) is 20.0 Å². The van der Waals surface area contributed by atoms with Crippen molar-refractivity contribution in [3.05, 3.63) is 102 Å². The van der Waals surface area contributed by atoms with Crippen LogP contribution in [0.1, 0.15) is 32.6 Å². The Balaban J connectivity index is 1.46. The number of hydrogen-bond acceptors (Lipinski definition) is 6. The van der Waals surface area contributed by atoms with Crippen LogP contribution in [-0.4, -0.2) is 22.3 Å². The number of carbonyl (C=O) groups is 1. The summed E-state index contributed by atoms with van der Waals surface area (Å²) in [5, 5.41) is 12.2. The van der Waals surface area contributed by atoms with Crippen molar-refractivity contribution in [2.75, 3.05) is 6.73 Å². The Hall–Kier alpha value is -3.39. The first-order valence-electron chi connectivity index (χ1n) is 10.4. The molecule has 0 spiro atoms. The van der Waals surface area contributed by atoms with E-state index in [9.17, 15) is 14.9 Å². The Bertz CT molecular complexity index is 1390. The summed E-state index contributed by atoms with van der Waals surface area (Å²) in [4.78, 5) is 25.8. The van der Waals surface area contributed by atoms with E-state index in [1.807, 2.05) is 24.0 Å². The average molecular weight is 497 g/mol. The first-order valence-corrected chi connectivity index (χ1v) is 11.2. The molecule has 0 aromatic heterocycles. The van der Waals surface area contributed by atoms with E-state index in [1.165, 1.54) is 18.2 Å². The van der Waals surface area contributed by atoms with Crippen molar-refractivity contribution in [2.24, 2.45) is 0 Å². The van der Waals surface area contributed by atoms with Crippen LogP contribution in [0.15, 0.2) is 54.3 Å². The first-order chi connectivity index (χ1) is 16.3. The van der Waals surface area contributed by atoms with Gasteiger partial charge in [0, 0.05) is 35.3 Å². The van der Waals surface area contributed by atoms with E-state index in [1.54, 1.807) is 24.3 Å². The van der Waals surface area contributed by atoms with Crippen molar-refractivity contribution in [3.8, 4) is 11.5 Å². The zero-order valence-corrected chi connectivity index (χ0v) is 19.5. The van der Waals surface area contributed by atoms with Gasteiger partial charge in [-0.3, -0.25) is 19.8 Å². The van der Waals surface area contributed by atoms with Gasteiger partial charge in [0.05, 0.1) is 16.1 Å². The maximum atomic E-state index is 13.2. The minimum Gasteiger partial charge on any atom is -0.478 e. The van der Waals surface area contributed by atoms with Gasteiger partial charge < -0.3 is 9.47 Å². The first kappa shape index (κ1) is 22.4. The number of ketones is 1. The molecular weight excluding hydrogens is 479 g/mol. The highest BCUT2D eigenvalue weighted by Gasteiger charge is 2.35. The number of non-ortho nitro benzene ring substituents is 1. The number of allylic oxidation sites excluding steroid dienone is 1. The summed E-state index contributed by atoms with van der Waals surface area (Å²) in [6, 6.07) is 13.3. The monoisotopic (exact) mass is 496 g/mol. The molecule has 34 heavy (non-hydrogen) atoms. The summed E-state index contributed by atoms with van der Waals surface area (Å²) >= 11 is 12.3. The number of nitro benzene ring substituents is 1. The molecule has 9 heteroatoms. The van der Waals surface area contributed by atoms with Crippen molar-refractivity contribution >= 4 is 40.7 Å². The minimum atomic E-state index is -0.479. The zero-order chi connectivity index (χ0) is 24.0. The molecule has 0 saturated carbocycles. The predicted octanol–water partition coefficient (Wildman–Crippen LogP) is 6.18. The van der Waals surface area contributed by atoms with E-state index in [2.05, 4.69) is 0 Å². The van der Waals surface area contributed by atoms with E-state index in [0.29, 0.717) is 52.5 Å². The predicted molar refractivity (Wildman–Crippen MR) is 128 cm³/mol. The van der Waals surface area contributed by atoms with Gasteiger partial charge in [0.15, 0.2) is 5.76 Å². The molecular formula is C25H18Cl2N2O5. The van der Waals surface area contributed by atoms with Crippen LogP contribution in [0.4, 0.5) is 5.69 Å². The fraction of sp³-hybridized carbons (Fsp3) is 0.160. The quantitative estimate of drug-likeness (QED) is 0.243. The van der Waals surface area contributed by atoms with E-state index < -0.39 is 4.92 Å².